The molecule has 0 spiro atoms. The van der Waals surface area contributed by atoms with E-state index in [2.05, 4.69) is 137 Å². The fraction of sp³-hybridized carbons (Fsp3) is 0.814. The van der Waals surface area contributed by atoms with Gasteiger partial charge in [-0.1, -0.05) is 32.4 Å². The first-order chi connectivity index (χ1) is 24.0. The molecule has 9 nitrogen and oxygen atoms in total. The summed E-state index contributed by atoms with van der Waals surface area (Å²) < 4.78 is 33.8. The zero-order chi connectivity index (χ0) is 39.2. The standard InChI is InChI=1S/C13H16O.2C10H21NO2.C10H21NO/c1-9-5-6-11-10(7-9)8-12(14-11)13(2,3)4;1-10(2,3)13-9-6-11-4-7-12-8-5-11;1-10(2,3)13-8-9-7-11(4)5-6-12-9;1-10(2,3)12-9-5-7-11(4)8-6-9/h5-8H,1-4H3;4-9H2,1-3H3;9H,5-8H2,1-4H3;9H,5-8H2,1-4H3. The van der Waals surface area contributed by atoms with Crippen LogP contribution in [-0.4, -0.2) is 137 Å². The van der Waals surface area contributed by atoms with E-state index in [0.717, 1.165) is 70.5 Å². The molecule has 1 unspecified atom stereocenters. The van der Waals surface area contributed by atoms with Crippen molar-refractivity contribution in [2.75, 3.05) is 92.9 Å². The molecule has 2 aromatic rings. The van der Waals surface area contributed by atoms with E-state index in [0.29, 0.717) is 12.7 Å². The van der Waals surface area contributed by atoms with Gasteiger partial charge in [-0.2, -0.15) is 0 Å². The molecular formula is C43H79N3O6. The summed E-state index contributed by atoms with van der Waals surface area (Å²) in [5.41, 5.74) is 2.32. The summed E-state index contributed by atoms with van der Waals surface area (Å²) >= 11 is 0. The highest BCUT2D eigenvalue weighted by Gasteiger charge is 2.23. The Morgan fingerprint density at radius 2 is 1.33 bits per heavy atom. The lowest BCUT2D eigenvalue weighted by atomic mass is 9.93. The van der Waals surface area contributed by atoms with Crippen molar-refractivity contribution in [3.8, 4) is 0 Å². The molecule has 0 amide bonds. The van der Waals surface area contributed by atoms with Gasteiger partial charge in [-0.15, -0.1) is 0 Å². The number of hydrogen-bond donors (Lipinski definition) is 0. The van der Waals surface area contributed by atoms with Crippen LogP contribution in [0.3, 0.4) is 0 Å². The van der Waals surface area contributed by atoms with Gasteiger partial charge in [-0.3, -0.25) is 4.90 Å². The second-order valence-corrected chi connectivity index (χ2v) is 18.7. The van der Waals surface area contributed by atoms with Crippen molar-refractivity contribution in [1.29, 1.82) is 0 Å². The molecular weight excluding hydrogens is 654 g/mol. The molecule has 9 heteroatoms. The summed E-state index contributed by atoms with van der Waals surface area (Å²) in [6.45, 7) is 39.1. The largest absolute Gasteiger partial charge is 0.461 e. The van der Waals surface area contributed by atoms with Crippen LogP contribution >= 0.6 is 0 Å². The maximum atomic E-state index is 5.90. The molecule has 0 saturated carbocycles. The lowest BCUT2D eigenvalue weighted by Gasteiger charge is -2.33. The number of ether oxygens (including phenoxy) is 5. The van der Waals surface area contributed by atoms with Crippen LogP contribution in [0.5, 0.6) is 0 Å². The van der Waals surface area contributed by atoms with E-state index in [9.17, 15) is 0 Å². The number of rotatable bonds is 6. The van der Waals surface area contributed by atoms with Gasteiger partial charge >= 0.3 is 0 Å². The van der Waals surface area contributed by atoms with Crippen LogP contribution in [0.15, 0.2) is 28.7 Å². The number of likely N-dealkylation sites (N-methyl/N-ethyl adjacent to an activating group) is 1. The Morgan fingerprint density at radius 3 is 1.87 bits per heavy atom. The lowest BCUT2D eigenvalue weighted by Crippen LogP contribution is -2.43. The number of nitrogens with zero attached hydrogens (tertiary/aromatic N) is 3. The number of hydrogen-bond acceptors (Lipinski definition) is 9. The maximum Gasteiger partial charge on any atom is 0.134 e. The van der Waals surface area contributed by atoms with Gasteiger partial charge in [-0.25, -0.2) is 0 Å². The van der Waals surface area contributed by atoms with Crippen LogP contribution in [0.25, 0.3) is 11.0 Å². The number of piperidine rings is 1. The molecule has 1 aromatic carbocycles. The average molecular weight is 734 g/mol. The number of furan rings is 1. The second kappa shape index (κ2) is 21.5. The molecule has 0 aliphatic carbocycles. The quantitative estimate of drug-likeness (QED) is 0.292. The van der Waals surface area contributed by atoms with Gasteiger partial charge in [0, 0.05) is 56.6 Å². The zero-order valence-corrected chi connectivity index (χ0v) is 36.2. The third kappa shape index (κ3) is 21.4. The van der Waals surface area contributed by atoms with Crippen molar-refractivity contribution in [3.05, 3.63) is 35.6 Å². The Morgan fingerprint density at radius 1 is 0.712 bits per heavy atom. The molecule has 1 atom stereocenters. The first kappa shape index (κ1) is 46.6. The van der Waals surface area contributed by atoms with E-state index in [1.165, 1.54) is 36.9 Å². The molecule has 52 heavy (non-hydrogen) atoms. The Kier molecular flexibility index (Phi) is 19.3. The summed E-state index contributed by atoms with van der Waals surface area (Å²) in [5.74, 6) is 1.05. The van der Waals surface area contributed by atoms with E-state index in [1.807, 2.05) is 6.07 Å². The van der Waals surface area contributed by atoms with Crippen molar-refractivity contribution in [1.82, 2.24) is 14.7 Å². The van der Waals surface area contributed by atoms with Gasteiger partial charge in [0.05, 0.1) is 62.0 Å². The summed E-state index contributed by atoms with van der Waals surface area (Å²) in [5, 5.41) is 1.20. The topological polar surface area (TPSA) is 69.0 Å². The highest BCUT2D eigenvalue weighted by molar-refractivity contribution is 5.78. The zero-order valence-electron chi connectivity index (χ0n) is 36.2. The predicted octanol–water partition coefficient (Wildman–Crippen LogP) is 8.20. The fourth-order valence-corrected chi connectivity index (χ4v) is 5.75. The minimum atomic E-state index is -0.0562. The minimum Gasteiger partial charge on any atom is -0.461 e. The molecule has 3 fully saturated rings. The van der Waals surface area contributed by atoms with Gasteiger partial charge in [0.2, 0.25) is 0 Å². The maximum absolute atomic E-state index is 5.90. The van der Waals surface area contributed by atoms with Crippen LogP contribution in [0.2, 0.25) is 0 Å². The van der Waals surface area contributed by atoms with E-state index in [-0.39, 0.29) is 28.3 Å². The van der Waals surface area contributed by atoms with E-state index < -0.39 is 0 Å². The van der Waals surface area contributed by atoms with E-state index in [1.54, 1.807) is 0 Å². The molecule has 302 valence electrons. The van der Waals surface area contributed by atoms with Crippen LogP contribution in [0.1, 0.15) is 107 Å². The second-order valence-electron chi connectivity index (χ2n) is 18.7. The van der Waals surface area contributed by atoms with Crippen molar-refractivity contribution < 1.29 is 28.1 Å². The first-order valence-corrected chi connectivity index (χ1v) is 19.7. The SMILES string of the molecule is CC(C)(C)OCCN1CCOCC1.CN1CCC(OC(C)(C)C)CC1.CN1CCOC(COC(C)(C)C)C1.Cc1ccc2oc(C(C)(C)C)cc2c1. The van der Waals surface area contributed by atoms with E-state index >= 15 is 0 Å². The Labute approximate surface area is 319 Å². The molecule has 0 N–H and O–H groups in total. The summed E-state index contributed by atoms with van der Waals surface area (Å²) in [6, 6.07) is 8.43. The van der Waals surface area contributed by atoms with Crippen molar-refractivity contribution in [2.24, 2.45) is 0 Å². The molecule has 1 aromatic heterocycles. The minimum absolute atomic E-state index is 0.00765. The van der Waals surface area contributed by atoms with Crippen molar-refractivity contribution in [3.63, 3.8) is 0 Å². The summed E-state index contributed by atoms with van der Waals surface area (Å²) in [4.78, 5) is 7.03. The smallest absolute Gasteiger partial charge is 0.134 e. The van der Waals surface area contributed by atoms with Gasteiger partial charge in [0.1, 0.15) is 11.3 Å². The Balaban J connectivity index is 0.000000241. The van der Waals surface area contributed by atoms with Crippen LogP contribution < -0.4 is 0 Å². The van der Waals surface area contributed by atoms with Crippen molar-refractivity contribution in [2.45, 2.75) is 137 Å². The van der Waals surface area contributed by atoms with Gasteiger partial charge in [0.25, 0.3) is 0 Å². The first-order valence-electron chi connectivity index (χ1n) is 19.7. The van der Waals surface area contributed by atoms with Crippen LogP contribution in [0.4, 0.5) is 0 Å². The monoisotopic (exact) mass is 734 g/mol. The Bertz CT molecular complexity index is 1240. The average Bonchev–Trinajstić information content (AvgIpc) is 3.46. The molecule has 4 heterocycles. The molecule has 0 bridgehead atoms. The lowest BCUT2D eigenvalue weighted by molar-refractivity contribution is -0.0992. The molecule has 3 saturated heterocycles. The van der Waals surface area contributed by atoms with Gasteiger partial charge in [0.15, 0.2) is 0 Å². The fourth-order valence-electron chi connectivity index (χ4n) is 5.75. The number of benzene rings is 1. The number of aryl methyl sites for hydroxylation is 1. The van der Waals surface area contributed by atoms with Gasteiger partial charge in [-0.05, 0) is 114 Å². The van der Waals surface area contributed by atoms with Crippen molar-refractivity contribution >= 4 is 11.0 Å². The van der Waals surface area contributed by atoms with Crippen LogP contribution in [0, 0.1) is 6.92 Å². The van der Waals surface area contributed by atoms with Gasteiger partial charge < -0.3 is 37.9 Å². The Hall–Kier alpha value is -1.56. The normalized spacial score (nSPS) is 20.3. The van der Waals surface area contributed by atoms with Crippen LogP contribution in [-0.2, 0) is 29.1 Å². The number of likely N-dealkylation sites (tertiary alicyclic amines) is 1. The molecule has 3 aliphatic rings. The predicted molar refractivity (Wildman–Crippen MR) is 217 cm³/mol. The third-order valence-electron chi connectivity index (χ3n) is 8.69. The number of morpholine rings is 2. The summed E-state index contributed by atoms with van der Waals surface area (Å²) in [7, 11) is 4.29. The molecule has 5 rings (SSSR count). The summed E-state index contributed by atoms with van der Waals surface area (Å²) in [6.07, 6.45) is 3.11. The highest BCUT2D eigenvalue weighted by atomic mass is 16.5. The molecule has 0 radical (unpaired) electrons. The molecule has 3 aliphatic heterocycles. The highest BCUT2D eigenvalue weighted by Crippen LogP contribution is 2.29. The third-order valence-corrected chi connectivity index (χ3v) is 8.69. The number of fused-ring (bicyclic) bond motifs is 1. The van der Waals surface area contributed by atoms with E-state index in [4.69, 9.17) is 28.1 Å².